The summed E-state index contributed by atoms with van der Waals surface area (Å²) in [5.74, 6) is -0.321. The van der Waals surface area contributed by atoms with Gasteiger partial charge in [0.15, 0.2) is 0 Å². The maximum atomic E-state index is 13.6. The van der Waals surface area contributed by atoms with Gasteiger partial charge in [0.2, 0.25) is 0 Å². The molecule has 0 spiro atoms. The Balaban J connectivity index is 2.28. The number of H-pyrrole nitrogens is 1. The third-order valence-electron chi connectivity index (χ3n) is 2.31. The second-order valence-electron chi connectivity index (χ2n) is 3.58. The zero-order valence-electron chi connectivity index (χ0n) is 8.35. The topological polar surface area (TPSA) is 15.8 Å². The molecule has 0 atom stereocenters. The quantitative estimate of drug-likeness (QED) is 0.799. The van der Waals surface area contributed by atoms with Gasteiger partial charge in [-0.1, -0.05) is 23.7 Å². The highest BCUT2D eigenvalue weighted by atomic mass is 35.5. The van der Waals surface area contributed by atoms with Crippen LogP contribution in [0.15, 0.2) is 30.5 Å². The molecule has 0 bridgehead atoms. The zero-order valence-corrected chi connectivity index (χ0v) is 9.11. The minimum Gasteiger partial charge on any atom is -0.365 e. The number of hydrogen-bond acceptors (Lipinski definition) is 0. The lowest BCUT2D eigenvalue weighted by Crippen LogP contribution is -1.91. The Morgan fingerprint density at radius 1 is 1.40 bits per heavy atom. The van der Waals surface area contributed by atoms with Crippen molar-refractivity contribution in [3.05, 3.63) is 58.1 Å². The molecule has 0 unspecified atom stereocenters. The van der Waals surface area contributed by atoms with Crippen LogP contribution in [0.5, 0.6) is 0 Å². The summed E-state index contributed by atoms with van der Waals surface area (Å²) in [4.78, 5) is 3.07. The fraction of sp³-hybridized carbons (Fsp3) is 0.167. The average molecular weight is 224 g/mol. The van der Waals surface area contributed by atoms with E-state index in [1.807, 2.05) is 19.2 Å². The molecule has 3 heteroatoms. The number of aryl methyl sites for hydroxylation is 1. The predicted molar refractivity (Wildman–Crippen MR) is 59.7 cm³/mol. The summed E-state index contributed by atoms with van der Waals surface area (Å²) in [6.07, 6.45) is 2.45. The summed E-state index contributed by atoms with van der Waals surface area (Å²) in [5.41, 5.74) is 2.77. The van der Waals surface area contributed by atoms with Crippen LogP contribution in [0.2, 0.25) is 5.02 Å². The molecule has 0 fully saturated rings. The summed E-state index contributed by atoms with van der Waals surface area (Å²) in [7, 11) is 0. The van der Waals surface area contributed by atoms with Crippen molar-refractivity contribution < 1.29 is 4.39 Å². The van der Waals surface area contributed by atoms with Crippen LogP contribution in [0.3, 0.4) is 0 Å². The van der Waals surface area contributed by atoms with Gasteiger partial charge < -0.3 is 4.98 Å². The minimum atomic E-state index is -0.321. The molecule has 0 aliphatic rings. The van der Waals surface area contributed by atoms with Crippen LogP contribution >= 0.6 is 11.6 Å². The van der Waals surface area contributed by atoms with Crippen LogP contribution in [0.25, 0.3) is 0 Å². The monoisotopic (exact) mass is 223 g/mol. The Hall–Kier alpha value is -1.28. The first-order valence-corrected chi connectivity index (χ1v) is 5.11. The van der Waals surface area contributed by atoms with E-state index < -0.39 is 0 Å². The molecule has 1 aromatic heterocycles. The van der Waals surface area contributed by atoms with Crippen LogP contribution in [-0.2, 0) is 6.42 Å². The highest BCUT2D eigenvalue weighted by Gasteiger charge is 2.07. The van der Waals surface area contributed by atoms with E-state index in [2.05, 4.69) is 4.98 Å². The number of aromatic amines is 1. The first-order chi connectivity index (χ1) is 7.16. The maximum absolute atomic E-state index is 13.6. The van der Waals surface area contributed by atoms with Gasteiger partial charge >= 0.3 is 0 Å². The summed E-state index contributed by atoms with van der Waals surface area (Å²) in [6.45, 7) is 1.97. The van der Waals surface area contributed by atoms with Gasteiger partial charge in [-0.3, -0.25) is 0 Å². The normalized spacial score (nSPS) is 10.6. The van der Waals surface area contributed by atoms with E-state index in [-0.39, 0.29) is 10.8 Å². The van der Waals surface area contributed by atoms with Gasteiger partial charge in [-0.15, -0.1) is 0 Å². The van der Waals surface area contributed by atoms with Gasteiger partial charge in [0.1, 0.15) is 5.82 Å². The smallest absolute Gasteiger partial charge is 0.145 e. The maximum Gasteiger partial charge on any atom is 0.145 e. The van der Waals surface area contributed by atoms with Crippen LogP contribution in [0.4, 0.5) is 4.39 Å². The number of nitrogens with one attached hydrogen (secondary N) is 1. The molecule has 2 rings (SSSR count). The van der Waals surface area contributed by atoms with E-state index in [9.17, 15) is 4.39 Å². The van der Waals surface area contributed by atoms with Crippen molar-refractivity contribution in [3.63, 3.8) is 0 Å². The lowest BCUT2D eigenvalue weighted by atomic mass is 10.1. The number of hydrogen-bond donors (Lipinski definition) is 1. The van der Waals surface area contributed by atoms with Gasteiger partial charge in [0, 0.05) is 18.3 Å². The molecule has 0 radical (unpaired) electrons. The van der Waals surface area contributed by atoms with Gasteiger partial charge in [0.05, 0.1) is 5.02 Å². The molecule has 0 saturated heterocycles. The summed E-state index contributed by atoms with van der Waals surface area (Å²) in [6, 6.07) is 7.08. The lowest BCUT2D eigenvalue weighted by Gasteiger charge is -2.02. The Morgan fingerprint density at radius 2 is 2.20 bits per heavy atom. The highest BCUT2D eigenvalue weighted by molar-refractivity contribution is 6.30. The Bertz CT molecular complexity index is 476. The number of rotatable bonds is 2. The Morgan fingerprint density at radius 3 is 2.87 bits per heavy atom. The van der Waals surface area contributed by atoms with Crippen molar-refractivity contribution in [2.45, 2.75) is 13.3 Å². The van der Waals surface area contributed by atoms with Crippen molar-refractivity contribution >= 4 is 11.6 Å². The van der Waals surface area contributed by atoms with Crippen LogP contribution in [-0.4, -0.2) is 4.98 Å². The zero-order chi connectivity index (χ0) is 10.8. The third-order valence-corrected chi connectivity index (χ3v) is 2.61. The molecule has 2 aromatic rings. The lowest BCUT2D eigenvalue weighted by molar-refractivity contribution is 0.614. The van der Waals surface area contributed by atoms with Gasteiger partial charge in [-0.2, -0.15) is 0 Å². The average Bonchev–Trinajstić information content (AvgIpc) is 2.59. The SMILES string of the molecule is Cc1cc(Cc2cccc(Cl)c2F)c[nH]1. The molecule has 1 N–H and O–H groups in total. The second-order valence-corrected chi connectivity index (χ2v) is 3.99. The van der Waals surface area contributed by atoms with Crippen molar-refractivity contribution in [2.75, 3.05) is 0 Å². The van der Waals surface area contributed by atoms with E-state index in [0.29, 0.717) is 12.0 Å². The van der Waals surface area contributed by atoms with Crippen molar-refractivity contribution in [1.29, 1.82) is 0 Å². The van der Waals surface area contributed by atoms with Crippen molar-refractivity contribution in [2.24, 2.45) is 0 Å². The number of benzene rings is 1. The van der Waals surface area contributed by atoms with E-state index in [1.165, 1.54) is 0 Å². The fourth-order valence-electron chi connectivity index (χ4n) is 1.57. The van der Waals surface area contributed by atoms with Crippen molar-refractivity contribution in [1.82, 2.24) is 4.98 Å². The number of halogens is 2. The van der Waals surface area contributed by atoms with Gasteiger partial charge in [0.25, 0.3) is 0 Å². The number of aromatic nitrogens is 1. The first-order valence-electron chi connectivity index (χ1n) is 4.73. The summed E-state index contributed by atoms with van der Waals surface area (Å²) >= 11 is 5.70. The van der Waals surface area contributed by atoms with Crippen LogP contribution in [0.1, 0.15) is 16.8 Å². The fourth-order valence-corrected chi connectivity index (χ4v) is 1.77. The Labute approximate surface area is 92.9 Å². The minimum absolute atomic E-state index is 0.180. The molecule has 0 aliphatic heterocycles. The molecular weight excluding hydrogens is 213 g/mol. The van der Waals surface area contributed by atoms with E-state index in [1.54, 1.807) is 18.2 Å². The van der Waals surface area contributed by atoms with Crippen LogP contribution < -0.4 is 0 Å². The molecule has 15 heavy (non-hydrogen) atoms. The molecule has 0 aliphatic carbocycles. The molecule has 0 amide bonds. The standard InChI is InChI=1S/C12H11ClFN/c1-8-5-9(7-15-8)6-10-3-2-4-11(13)12(10)14/h2-5,7,15H,6H2,1H3. The largest absolute Gasteiger partial charge is 0.365 e. The Kier molecular flexibility index (Phi) is 2.78. The van der Waals surface area contributed by atoms with Gasteiger partial charge in [-0.05, 0) is 30.2 Å². The molecule has 78 valence electrons. The van der Waals surface area contributed by atoms with E-state index >= 15 is 0 Å². The third kappa shape index (κ3) is 2.21. The van der Waals surface area contributed by atoms with E-state index in [0.717, 1.165) is 11.3 Å². The van der Waals surface area contributed by atoms with E-state index in [4.69, 9.17) is 11.6 Å². The summed E-state index contributed by atoms with van der Waals surface area (Å²) < 4.78 is 13.6. The second kappa shape index (κ2) is 4.07. The van der Waals surface area contributed by atoms with Gasteiger partial charge in [-0.25, -0.2) is 4.39 Å². The highest BCUT2D eigenvalue weighted by Crippen LogP contribution is 2.20. The predicted octanol–water partition coefficient (Wildman–Crippen LogP) is 3.71. The summed E-state index contributed by atoms with van der Waals surface area (Å²) in [5, 5.41) is 0.180. The first kappa shape index (κ1) is 10.2. The molecule has 0 saturated carbocycles. The molecule has 1 heterocycles. The van der Waals surface area contributed by atoms with Crippen molar-refractivity contribution in [3.8, 4) is 0 Å². The molecule has 1 nitrogen and oxygen atoms in total. The van der Waals surface area contributed by atoms with Crippen LogP contribution in [0, 0.1) is 12.7 Å². The molecule has 1 aromatic carbocycles. The molecular formula is C12H11ClFN.